The fourth-order valence-corrected chi connectivity index (χ4v) is 3.37. The molecule has 1 aliphatic heterocycles. The standard InChI is InChI=1S/C18H24ClN5O2/c1-22-18(25)14(13-17(19)21-22)20-7-8-23-9-11-24(12-10-23)15-5-3-4-6-16(15)26-2/h3-6,13,20H,7-12H2,1-2H3. The van der Waals surface area contributed by atoms with Crippen molar-refractivity contribution in [2.75, 3.05) is 56.6 Å². The lowest BCUT2D eigenvalue weighted by atomic mass is 10.2. The number of benzene rings is 1. The molecular formula is C18H24ClN5O2. The largest absolute Gasteiger partial charge is 0.495 e. The molecule has 8 heteroatoms. The molecule has 0 atom stereocenters. The first-order valence-electron chi connectivity index (χ1n) is 8.66. The number of halogens is 1. The fourth-order valence-electron chi connectivity index (χ4n) is 3.15. The molecule has 1 aliphatic rings. The van der Waals surface area contributed by atoms with Crippen molar-refractivity contribution in [2.24, 2.45) is 7.05 Å². The molecule has 0 amide bonds. The number of ether oxygens (including phenoxy) is 1. The van der Waals surface area contributed by atoms with Crippen LogP contribution in [0.25, 0.3) is 0 Å². The Hall–Kier alpha value is -2.25. The van der Waals surface area contributed by atoms with Gasteiger partial charge in [0.15, 0.2) is 5.15 Å². The Morgan fingerprint density at radius 2 is 1.96 bits per heavy atom. The molecule has 0 bridgehead atoms. The zero-order valence-electron chi connectivity index (χ0n) is 15.1. The highest BCUT2D eigenvalue weighted by atomic mass is 35.5. The van der Waals surface area contributed by atoms with E-state index in [1.54, 1.807) is 20.2 Å². The minimum atomic E-state index is -0.171. The molecule has 140 valence electrons. The molecule has 0 unspecified atom stereocenters. The molecule has 0 radical (unpaired) electrons. The van der Waals surface area contributed by atoms with Crippen molar-refractivity contribution in [3.8, 4) is 5.75 Å². The van der Waals surface area contributed by atoms with E-state index >= 15 is 0 Å². The van der Waals surface area contributed by atoms with Gasteiger partial charge in [0.2, 0.25) is 0 Å². The smallest absolute Gasteiger partial charge is 0.289 e. The molecule has 2 aromatic rings. The van der Waals surface area contributed by atoms with Gasteiger partial charge in [-0.2, -0.15) is 5.10 Å². The Morgan fingerprint density at radius 3 is 2.69 bits per heavy atom. The van der Waals surface area contributed by atoms with Gasteiger partial charge in [-0.3, -0.25) is 9.69 Å². The molecule has 3 rings (SSSR count). The van der Waals surface area contributed by atoms with E-state index in [0.29, 0.717) is 17.4 Å². The second-order valence-corrected chi connectivity index (χ2v) is 6.62. The third-order valence-corrected chi connectivity index (χ3v) is 4.76. The summed E-state index contributed by atoms with van der Waals surface area (Å²) in [4.78, 5) is 16.7. The second-order valence-electron chi connectivity index (χ2n) is 6.24. The van der Waals surface area contributed by atoms with Gasteiger partial charge in [0.25, 0.3) is 5.56 Å². The number of aryl methyl sites for hydroxylation is 1. The van der Waals surface area contributed by atoms with E-state index in [-0.39, 0.29) is 5.56 Å². The van der Waals surface area contributed by atoms with Gasteiger partial charge in [-0.05, 0) is 12.1 Å². The van der Waals surface area contributed by atoms with E-state index in [1.165, 1.54) is 4.68 Å². The van der Waals surface area contributed by atoms with Crippen LogP contribution in [0.2, 0.25) is 5.15 Å². The molecule has 1 saturated heterocycles. The summed E-state index contributed by atoms with van der Waals surface area (Å²) in [5.41, 5.74) is 1.46. The number of nitrogens with one attached hydrogen (secondary N) is 1. The SMILES string of the molecule is COc1ccccc1N1CCN(CCNc2cc(Cl)nn(C)c2=O)CC1. The van der Waals surface area contributed by atoms with E-state index < -0.39 is 0 Å². The quantitative estimate of drug-likeness (QED) is 0.826. The van der Waals surface area contributed by atoms with Crippen LogP contribution >= 0.6 is 11.6 Å². The van der Waals surface area contributed by atoms with Gasteiger partial charge in [-0.25, -0.2) is 4.68 Å². The van der Waals surface area contributed by atoms with Crippen molar-refractivity contribution in [3.05, 3.63) is 45.8 Å². The van der Waals surface area contributed by atoms with Gasteiger partial charge in [-0.15, -0.1) is 0 Å². The highest BCUT2D eigenvalue weighted by Crippen LogP contribution is 2.28. The molecule has 1 aromatic carbocycles. The number of hydrogen-bond acceptors (Lipinski definition) is 6. The number of aromatic nitrogens is 2. The van der Waals surface area contributed by atoms with Crippen molar-refractivity contribution in [3.63, 3.8) is 0 Å². The van der Waals surface area contributed by atoms with Gasteiger partial charge in [0, 0.05) is 52.4 Å². The summed E-state index contributed by atoms with van der Waals surface area (Å²) < 4.78 is 6.70. The van der Waals surface area contributed by atoms with Crippen molar-refractivity contribution >= 4 is 23.0 Å². The van der Waals surface area contributed by atoms with Gasteiger partial charge in [-0.1, -0.05) is 23.7 Å². The predicted octanol–water partition coefficient (Wildman–Crippen LogP) is 1.68. The predicted molar refractivity (Wildman–Crippen MR) is 105 cm³/mol. The van der Waals surface area contributed by atoms with Crippen molar-refractivity contribution in [2.45, 2.75) is 0 Å². The maximum absolute atomic E-state index is 12.0. The van der Waals surface area contributed by atoms with Gasteiger partial charge < -0.3 is 15.0 Å². The maximum Gasteiger partial charge on any atom is 0.289 e. The summed E-state index contributed by atoms with van der Waals surface area (Å²) in [5.74, 6) is 0.910. The van der Waals surface area contributed by atoms with E-state index in [9.17, 15) is 4.79 Å². The summed E-state index contributed by atoms with van der Waals surface area (Å²) in [6.45, 7) is 5.38. The number of nitrogens with zero attached hydrogens (tertiary/aromatic N) is 4. The number of rotatable bonds is 6. The van der Waals surface area contributed by atoms with E-state index in [2.05, 4.69) is 26.3 Å². The first-order valence-corrected chi connectivity index (χ1v) is 9.04. The van der Waals surface area contributed by atoms with Crippen LogP contribution in [0.4, 0.5) is 11.4 Å². The molecular weight excluding hydrogens is 354 g/mol. The molecule has 1 N–H and O–H groups in total. The Kier molecular flexibility index (Phi) is 6.00. The van der Waals surface area contributed by atoms with E-state index in [1.807, 2.05) is 18.2 Å². The first-order chi connectivity index (χ1) is 12.6. The number of para-hydroxylation sites is 2. The zero-order valence-corrected chi connectivity index (χ0v) is 15.9. The molecule has 0 spiro atoms. The molecule has 1 fully saturated rings. The number of piperazine rings is 1. The lowest BCUT2D eigenvalue weighted by molar-refractivity contribution is 0.266. The number of methoxy groups -OCH3 is 1. The van der Waals surface area contributed by atoms with Crippen molar-refractivity contribution in [1.29, 1.82) is 0 Å². The normalized spacial score (nSPS) is 15.1. The Morgan fingerprint density at radius 1 is 1.23 bits per heavy atom. The van der Waals surface area contributed by atoms with Crippen molar-refractivity contribution < 1.29 is 4.74 Å². The van der Waals surface area contributed by atoms with Gasteiger partial charge in [0.1, 0.15) is 11.4 Å². The number of anilines is 2. The minimum absolute atomic E-state index is 0.171. The van der Waals surface area contributed by atoms with Crippen LogP contribution in [0.1, 0.15) is 0 Å². The molecule has 26 heavy (non-hydrogen) atoms. The highest BCUT2D eigenvalue weighted by Gasteiger charge is 2.19. The summed E-state index contributed by atoms with van der Waals surface area (Å²) in [6.07, 6.45) is 0. The van der Waals surface area contributed by atoms with Gasteiger partial charge in [0.05, 0.1) is 12.8 Å². The van der Waals surface area contributed by atoms with Crippen LogP contribution < -0.4 is 20.5 Å². The summed E-state index contributed by atoms with van der Waals surface area (Å²) in [6, 6.07) is 9.68. The van der Waals surface area contributed by atoms with E-state index in [0.717, 1.165) is 44.2 Å². The third kappa shape index (κ3) is 4.28. The molecule has 7 nitrogen and oxygen atoms in total. The first kappa shape index (κ1) is 18.5. The van der Waals surface area contributed by atoms with Crippen LogP contribution in [-0.4, -0.2) is 61.1 Å². The summed E-state index contributed by atoms with van der Waals surface area (Å²) >= 11 is 5.91. The lowest BCUT2D eigenvalue weighted by Crippen LogP contribution is -2.47. The highest BCUT2D eigenvalue weighted by molar-refractivity contribution is 6.29. The Labute approximate surface area is 158 Å². The van der Waals surface area contributed by atoms with Crippen LogP contribution in [0, 0.1) is 0 Å². The monoisotopic (exact) mass is 377 g/mol. The van der Waals surface area contributed by atoms with Gasteiger partial charge >= 0.3 is 0 Å². The maximum atomic E-state index is 12.0. The second kappa shape index (κ2) is 8.42. The molecule has 1 aromatic heterocycles. The average molecular weight is 378 g/mol. The number of hydrogen-bond donors (Lipinski definition) is 1. The summed E-state index contributed by atoms with van der Waals surface area (Å²) in [7, 11) is 3.30. The Balaban J connectivity index is 1.50. The summed E-state index contributed by atoms with van der Waals surface area (Å²) in [5, 5.41) is 7.36. The zero-order chi connectivity index (χ0) is 18.5. The van der Waals surface area contributed by atoms with Crippen LogP contribution in [-0.2, 0) is 7.05 Å². The topological polar surface area (TPSA) is 62.6 Å². The van der Waals surface area contributed by atoms with E-state index in [4.69, 9.17) is 16.3 Å². The minimum Gasteiger partial charge on any atom is -0.495 e. The van der Waals surface area contributed by atoms with Crippen molar-refractivity contribution in [1.82, 2.24) is 14.7 Å². The molecule has 2 heterocycles. The molecule has 0 saturated carbocycles. The Bertz CT molecular complexity index is 802. The fraction of sp³-hybridized carbons (Fsp3) is 0.444. The average Bonchev–Trinajstić information content (AvgIpc) is 2.66. The van der Waals surface area contributed by atoms with Crippen LogP contribution in [0.5, 0.6) is 5.75 Å². The lowest BCUT2D eigenvalue weighted by Gasteiger charge is -2.36. The molecule has 0 aliphatic carbocycles. The third-order valence-electron chi connectivity index (χ3n) is 4.57. The van der Waals surface area contributed by atoms with Crippen LogP contribution in [0.15, 0.2) is 35.1 Å². The van der Waals surface area contributed by atoms with Crippen LogP contribution in [0.3, 0.4) is 0 Å².